The fourth-order valence-electron chi connectivity index (χ4n) is 2.14. The largest absolute Gasteiger partial charge is 0.393 e. The fourth-order valence-corrected chi connectivity index (χ4v) is 2.62. The van der Waals surface area contributed by atoms with Crippen LogP contribution in [-0.2, 0) is 10.1 Å². The van der Waals surface area contributed by atoms with Gasteiger partial charge in [-0.25, -0.2) is 0 Å². The molecule has 1 aliphatic rings. The van der Waals surface area contributed by atoms with Crippen LogP contribution in [0, 0.1) is 6.92 Å². The highest BCUT2D eigenvalue weighted by atomic mass is 32.2. The Morgan fingerprint density at radius 1 is 0.950 bits per heavy atom. The van der Waals surface area contributed by atoms with E-state index in [0.717, 1.165) is 18.4 Å². The number of aliphatic hydroxyl groups is 1. The monoisotopic (exact) mass is 300 g/mol. The van der Waals surface area contributed by atoms with E-state index in [1.165, 1.54) is 44.2 Å². The van der Waals surface area contributed by atoms with E-state index in [2.05, 4.69) is 0 Å². The van der Waals surface area contributed by atoms with Gasteiger partial charge in [-0.2, -0.15) is 8.42 Å². The number of benzene rings is 1. The molecule has 0 saturated heterocycles. The SMILES string of the molecule is Cc1ccc(S(=O)(=O)O)cc1.OC1CCCCCCC1. The van der Waals surface area contributed by atoms with Gasteiger partial charge in [-0.3, -0.25) is 4.55 Å². The maximum atomic E-state index is 10.5. The molecule has 1 aliphatic carbocycles. The van der Waals surface area contributed by atoms with Crippen LogP contribution in [0.3, 0.4) is 0 Å². The summed E-state index contributed by atoms with van der Waals surface area (Å²) in [6, 6.07) is 5.99. The Balaban J connectivity index is 0.000000204. The molecule has 0 unspecified atom stereocenters. The zero-order valence-electron chi connectivity index (χ0n) is 12.0. The van der Waals surface area contributed by atoms with Crippen LogP contribution in [0.5, 0.6) is 0 Å². The number of hydrogen-bond acceptors (Lipinski definition) is 3. The summed E-state index contributed by atoms with van der Waals surface area (Å²) in [6.45, 7) is 1.84. The van der Waals surface area contributed by atoms with Crippen LogP contribution in [-0.4, -0.2) is 24.2 Å². The second-order valence-corrected chi connectivity index (χ2v) is 6.71. The predicted molar refractivity (Wildman–Crippen MR) is 79.3 cm³/mol. The van der Waals surface area contributed by atoms with Crippen LogP contribution in [0.4, 0.5) is 0 Å². The van der Waals surface area contributed by atoms with Crippen molar-refractivity contribution in [2.24, 2.45) is 0 Å². The number of rotatable bonds is 1. The predicted octanol–water partition coefficient (Wildman–Crippen LogP) is 3.33. The molecule has 0 amide bonds. The summed E-state index contributed by atoms with van der Waals surface area (Å²) in [6.07, 6.45) is 8.62. The third-order valence-corrected chi connectivity index (χ3v) is 4.26. The molecule has 1 saturated carbocycles. The molecule has 1 aromatic rings. The second kappa shape index (κ2) is 8.39. The maximum absolute atomic E-state index is 10.5. The van der Waals surface area contributed by atoms with Gasteiger partial charge in [0.1, 0.15) is 0 Å². The van der Waals surface area contributed by atoms with E-state index in [9.17, 15) is 13.5 Å². The molecule has 0 bridgehead atoms. The van der Waals surface area contributed by atoms with Gasteiger partial charge in [0.05, 0.1) is 11.0 Å². The summed E-state index contributed by atoms with van der Waals surface area (Å²) in [7, 11) is -4.02. The van der Waals surface area contributed by atoms with Gasteiger partial charge in [-0.1, -0.05) is 49.8 Å². The van der Waals surface area contributed by atoms with Gasteiger partial charge < -0.3 is 5.11 Å². The number of aliphatic hydroxyl groups excluding tert-OH is 1. The molecule has 0 heterocycles. The molecule has 0 aromatic heterocycles. The van der Waals surface area contributed by atoms with Gasteiger partial charge in [-0.15, -0.1) is 0 Å². The standard InChI is InChI=1S/C8H16O.C7H8O3S/c9-8-6-4-2-1-3-5-7-8;1-6-2-4-7(5-3-6)11(8,9)10/h8-9H,1-7H2;2-5H,1H3,(H,8,9,10). The van der Waals surface area contributed by atoms with Gasteiger partial charge in [0.15, 0.2) is 0 Å². The molecule has 0 atom stereocenters. The molecular weight excluding hydrogens is 276 g/mol. The van der Waals surface area contributed by atoms with Gasteiger partial charge in [0.25, 0.3) is 10.1 Å². The van der Waals surface area contributed by atoms with Crippen LogP contribution in [0.2, 0.25) is 0 Å². The molecular formula is C15H24O4S. The van der Waals surface area contributed by atoms with Crippen molar-refractivity contribution in [1.82, 2.24) is 0 Å². The minimum Gasteiger partial charge on any atom is -0.393 e. The summed E-state index contributed by atoms with van der Waals surface area (Å²) in [4.78, 5) is -0.0666. The molecule has 1 aromatic carbocycles. The molecule has 1 fully saturated rings. The van der Waals surface area contributed by atoms with Gasteiger partial charge in [0, 0.05) is 0 Å². The first-order valence-electron chi connectivity index (χ1n) is 7.12. The average molecular weight is 300 g/mol. The van der Waals surface area contributed by atoms with Crippen molar-refractivity contribution in [1.29, 1.82) is 0 Å². The Kier molecular flexibility index (Phi) is 7.19. The average Bonchev–Trinajstić information content (AvgIpc) is 2.34. The summed E-state index contributed by atoms with van der Waals surface area (Å²) >= 11 is 0. The Bertz CT molecular complexity index is 471. The van der Waals surface area contributed by atoms with Crippen LogP contribution >= 0.6 is 0 Å². The van der Waals surface area contributed by atoms with Crippen molar-refractivity contribution < 1.29 is 18.1 Å². The molecule has 114 valence electrons. The molecule has 2 rings (SSSR count). The smallest absolute Gasteiger partial charge is 0.294 e. The van der Waals surface area contributed by atoms with Crippen LogP contribution in [0.15, 0.2) is 29.2 Å². The van der Waals surface area contributed by atoms with Crippen molar-refractivity contribution in [3.8, 4) is 0 Å². The number of hydrogen-bond donors (Lipinski definition) is 2. The maximum Gasteiger partial charge on any atom is 0.294 e. The zero-order chi connectivity index (χ0) is 15.0. The lowest BCUT2D eigenvalue weighted by Gasteiger charge is -2.13. The first kappa shape index (κ1) is 17.1. The van der Waals surface area contributed by atoms with Gasteiger partial charge in [0.2, 0.25) is 0 Å². The Morgan fingerprint density at radius 3 is 1.85 bits per heavy atom. The van der Waals surface area contributed by atoms with E-state index in [-0.39, 0.29) is 11.0 Å². The summed E-state index contributed by atoms with van der Waals surface area (Å²) < 4.78 is 29.6. The highest BCUT2D eigenvalue weighted by molar-refractivity contribution is 7.85. The molecule has 20 heavy (non-hydrogen) atoms. The first-order chi connectivity index (χ1) is 9.39. The van der Waals surface area contributed by atoms with Crippen LogP contribution < -0.4 is 0 Å². The second-order valence-electron chi connectivity index (χ2n) is 5.29. The van der Waals surface area contributed by atoms with E-state index >= 15 is 0 Å². The minimum atomic E-state index is -4.02. The Hall–Kier alpha value is -0.910. The van der Waals surface area contributed by atoms with E-state index < -0.39 is 10.1 Å². The molecule has 4 nitrogen and oxygen atoms in total. The summed E-state index contributed by atoms with van der Waals surface area (Å²) in [5.41, 5.74) is 0.956. The molecule has 0 aliphatic heterocycles. The van der Waals surface area contributed by atoms with Crippen LogP contribution in [0.1, 0.15) is 50.5 Å². The van der Waals surface area contributed by atoms with Crippen molar-refractivity contribution in [2.75, 3.05) is 0 Å². The quantitative estimate of drug-likeness (QED) is 0.780. The van der Waals surface area contributed by atoms with Crippen molar-refractivity contribution >= 4 is 10.1 Å². The third kappa shape index (κ3) is 7.03. The third-order valence-electron chi connectivity index (χ3n) is 3.39. The van der Waals surface area contributed by atoms with Crippen molar-refractivity contribution in [3.63, 3.8) is 0 Å². The van der Waals surface area contributed by atoms with E-state index in [1.807, 2.05) is 6.92 Å². The lowest BCUT2D eigenvalue weighted by Crippen LogP contribution is -2.07. The zero-order valence-corrected chi connectivity index (χ0v) is 12.8. The molecule has 0 radical (unpaired) electrons. The number of aryl methyl sites for hydroxylation is 1. The molecule has 5 heteroatoms. The van der Waals surface area contributed by atoms with E-state index in [0.29, 0.717) is 0 Å². The first-order valence-corrected chi connectivity index (χ1v) is 8.56. The van der Waals surface area contributed by atoms with Gasteiger partial charge in [-0.05, 0) is 31.9 Å². The van der Waals surface area contributed by atoms with Crippen LogP contribution in [0.25, 0.3) is 0 Å². The topological polar surface area (TPSA) is 74.6 Å². The van der Waals surface area contributed by atoms with Crippen molar-refractivity contribution in [3.05, 3.63) is 29.8 Å². The Labute approximate surface area is 121 Å². The highest BCUT2D eigenvalue weighted by Crippen LogP contribution is 2.16. The highest BCUT2D eigenvalue weighted by Gasteiger charge is 2.07. The molecule has 2 N–H and O–H groups in total. The van der Waals surface area contributed by atoms with Crippen molar-refractivity contribution in [2.45, 2.75) is 62.9 Å². The summed E-state index contributed by atoms with van der Waals surface area (Å²) in [5, 5.41) is 9.21. The van der Waals surface area contributed by atoms with Gasteiger partial charge >= 0.3 is 0 Å². The lowest BCUT2D eigenvalue weighted by molar-refractivity contribution is 0.141. The molecule has 0 spiro atoms. The van der Waals surface area contributed by atoms with E-state index in [1.54, 1.807) is 12.1 Å². The summed E-state index contributed by atoms with van der Waals surface area (Å²) in [5.74, 6) is 0. The Morgan fingerprint density at radius 2 is 1.40 bits per heavy atom. The fraction of sp³-hybridized carbons (Fsp3) is 0.600. The lowest BCUT2D eigenvalue weighted by atomic mass is 9.99. The minimum absolute atomic E-state index is 0.0188. The normalized spacial score (nSPS) is 17.6. The van der Waals surface area contributed by atoms with E-state index in [4.69, 9.17) is 4.55 Å².